The number of hydrogen-bond donors (Lipinski definition) is 3. The number of H-pyrrole nitrogens is 1. The van der Waals surface area contributed by atoms with Gasteiger partial charge >= 0.3 is 0 Å². The fourth-order valence-electron chi connectivity index (χ4n) is 5.63. The maximum Gasteiger partial charge on any atom is 0.224 e. The van der Waals surface area contributed by atoms with Gasteiger partial charge in [0.05, 0.1) is 12.6 Å². The minimum Gasteiger partial charge on any atom is -0.508 e. The van der Waals surface area contributed by atoms with Gasteiger partial charge in [0.2, 0.25) is 5.91 Å². The monoisotopic (exact) mass is 558 g/mol. The van der Waals surface area contributed by atoms with Crippen LogP contribution < -0.4 is 0 Å². The summed E-state index contributed by atoms with van der Waals surface area (Å²) in [6, 6.07) is 19.5. The number of thioether (sulfide) groups is 1. The van der Waals surface area contributed by atoms with Gasteiger partial charge in [-0.1, -0.05) is 36.4 Å². The molecule has 4 heterocycles. The third-order valence-corrected chi connectivity index (χ3v) is 8.80. The quantitative estimate of drug-likeness (QED) is 0.294. The van der Waals surface area contributed by atoms with Crippen molar-refractivity contribution >= 4 is 28.7 Å². The summed E-state index contributed by atoms with van der Waals surface area (Å²) in [7, 11) is 0. The first-order valence-corrected chi connectivity index (χ1v) is 15.2. The number of para-hydroxylation sites is 1. The smallest absolute Gasteiger partial charge is 0.224 e. The van der Waals surface area contributed by atoms with Crippen LogP contribution in [-0.2, 0) is 4.79 Å². The molecule has 1 amide bonds. The lowest BCUT2D eigenvalue weighted by Gasteiger charge is -2.36. The number of nitrogens with one attached hydrogen (secondary N) is 1. The fourth-order valence-corrected chi connectivity index (χ4v) is 6.56. The van der Waals surface area contributed by atoms with Crippen LogP contribution in [0.15, 0.2) is 73.1 Å². The Morgan fingerprint density at radius 3 is 2.60 bits per heavy atom. The number of aliphatic hydroxyl groups excluding tert-OH is 1. The Hall–Kier alpha value is -3.33. The van der Waals surface area contributed by atoms with Crippen molar-refractivity contribution in [2.24, 2.45) is 0 Å². The number of aryl methyl sites for hydroxylation is 1. The zero-order valence-corrected chi connectivity index (χ0v) is 23.8. The largest absolute Gasteiger partial charge is 0.508 e. The summed E-state index contributed by atoms with van der Waals surface area (Å²) in [4.78, 5) is 25.5. The third kappa shape index (κ3) is 6.69. The highest BCUT2D eigenvalue weighted by molar-refractivity contribution is 7.99. The van der Waals surface area contributed by atoms with Crippen molar-refractivity contribution in [1.29, 1.82) is 0 Å². The lowest BCUT2D eigenvalue weighted by atomic mass is 9.96. The number of phenols is 1. The number of amides is 1. The number of phenolic OH excluding ortho intramolecular Hbond substituents is 1. The molecule has 0 aliphatic carbocycles. The molecule has 2 aliphatic heterocycles. The number of aromatic hydroxyl groups is 1. The van der Waals surface area contributed by atoms with Gasteiger partial charge in [0.25, 0.3) is 0 Å². The average Bonchev–Trinajstić information content (AvgIpc) is 3.63. The summed E-state index contributed by atoms with van der Waals surface area (Å²) in [6.45, 7) is 4.89. The Bertz CT molecular complexity index is 1400. The summed E-state index contributed by atoms with van der Waals surface area (Å²) in [5, 5.41) is 19.5. The molecule has 0 bridgehead atoms. The number of hydrogen-bond acceptors (Lipinski definition) is 6. The molecule has 3 N–H and O–H groups in total. The fraction of sp³-hybridized carbons (Fsp3) is 0.375. The number of aromatic nitrogens is 2. The van der Waals surface area contributed by atoms with E-state index in [4.69, 9.17) is 5.11 Å². The number of likely N-dealkylation sites (tertiary alicyclic amines) is 1. The van der Waals surface area contributed by atoms with Gasteiger partial charge in [-0.2, -0.15) is 11.8 Å². The van der Waals surface area contributed by atoms with Crippen molar-refractivity contribution in [2.45, 2.75) is 38.3 Å². The molecular formula is C32H38N4O3S. The molecule has 0 spiro atoms. The first-order valence-electron chi connectivity index (χ1n) is 14.0. The molecule has 0 radical (unpaired) electrons. The van der Waals surface area contributed by atoms with Crippen molar-refractivity contribution < 1.29 is 15.0 Å². The Morgan fingerprint density at radius 1 is 1.07 bits per heavy atom. The molecule has 2 atom stereocenters. The zero-order chi connectivity index (χ0) is 27.9. The van der Waals surface area contributed by atoms with E-state index in [0.29, 0.717) is 12.2 Å². The second-order valence-electron chi connectivity index (χ2n) is 10.5. The van der Waals surface area contributed by atoms with Gasteiger partial charge in [-0.05, 0) is 60.7 Å². The summed E-state index contributed by atoms with van der Waals surface area (Å²) in [5.41, 5.74) is 5.49. The molecule has 2 aromatic heterocycles. The second-order valence-corrected chi connectivity index (χ2v) is 11.7. The van der Waals surface area contributed by atoms with E-state index in [1.165, 1.54) is 11.1 Å². The van der Waals surface area contributed by atoms with E-state index in [0.717, 1.165) is 66.1 Å². The van der Waals surface area contributed by atoms with Crippen molar-refractivity contribution in [3.05, 3.63) is 84.2 Å². The van der Waals surface area contributed by atoms with Crippen LogP contribution in [0.4, 0.5) is 0 Å². The summed E-state index contributed by atoms with van der Waals surface area (Å²) < 4.78 is 0. The topological polar surface area (TPSA) is 92.7 Å². The Kier molecular flexibility index (Phi) is 9.41. The molecule has 0 saturated carbocycles. The van der Waals surface area contributed by atoms with Crippen LogP contribution in [0.1, 0.15) is 36.4 Å². The van der Waals surface area contributed by atoms with Gasteiger partial charge < -0.3 is 20.1 Å². The van der Waals surface area contributed by atoms with Crippen molar-refractivity contribution in [1.82, 2.24) is 19.8 Å². The first kappa shape index (κ1) is 28.2. The maximum absolute atomic E-state index is 13.3. The molecule has 6 rings (SSSR count). The van der Waals surface area contributed by atoms with Gasteiger partial charge in [-0.25, -0.2) is 4.98 Å². The number of rotatable bonds is 6. The van der Waals surface area contributed by atoms with Gasteiger partial charge in [-0.3, -0.25) is 9.69 Å². The SMILES string of the molecule is Cc1c[nH]c2ncc(-c3cccc(C(CC(=O)N4CCCC4CO)N4CCSCC4)c3)cc12.Oc1ccccc1. The number of aliphatic hydroxyl groups is 1. The van der Waals surface area contributed by atoms with Gasteiger partial charge in [0.15, 0.2) is 0 Å². The van der Waals surface area contributed by atoms with E-state index >= 15 is 0 Å². The number of aromatic amines is 1. The highest BCUT2D eigenvalue weighted by Crippen LogP contribution is 2.33. The van der Waals surface area contributed by atoms with Gasteiger partial charge in [-0.15, -0.1) is 0 Å². The number of benzene rings is 2. The predicted molar refractivity (Wildman–Crippen MR) is 162 cm³/mol. The number of fused-ring (bicyclic) bond motifs is 1. The van der Waals surface area contributed by atoms with Crippen molar-refractivity contribution in [3.8, 4) is 16.9 Å². The van der Waals surface area contributed by atoms with Crippen LogP contribution >= 0.6 is 11.8 Å². The van der Waals surface area contributed by atoms with E-state index < -0.39 is 0 Å². The average molecular weight is 559 g/mol. The summed E-state index contributed by atoms with van der Waals surface area (Å²) in [5.74, 6) is 2.68. The molecule has 4 aromatic rings. The Morgan fingerprint density at radius 2 is 1.88 bits per heavy atom. The van der Waals surface area contributed by atoms with Crippen LogP contribution in [0.3, 0.4) is 0 Å². The standard InChI is InChI=1S/C26H32N4O2S.C6H6O/c1-18-15-27-26-23(18)13-21(16-28-26)19-4-2-5-20(12-19)24(29-8-10-33-11-9-29)14-25(32)30-7-3-6-22(30)17-31;7-6-4-2-1-3-5-6/h2,4-5,12-13,15-16,22,24,31H,3,6-11,14,17H2,1H3,(H,27,28);1-5,7H. The zero-order valence-electron chi connectivity index (χ0n) is 23.0. The predicted octanol–water partition coefficient (Wildman–Crippen LogP) is 5.39. The van der Waals surface area contributed by atoms with E-state index in [-0.39, 0.29) is 24.6 Å². The van der Waals surface area contributed by atoms with E-state index in [1.807, 2.05) is 35.1 Å². The van der Waals surface area contributed by atoms with Crippen molar-refractivity contribution in [2.75, 3.05) is 37.7 Å². The third-order valence-electron chi connectivity index (χ3n) is 7.86. The van der Waals surface area contributed by atoms with Crippen LogP contribution in [0.5, 0.6) is 5.75 Å². The molecule has 2 aromatic carbocycles. The lowest BCUT2D eigenvalue weighted by molar-refractivity contribution is -0.134. The highest BCUT2D eigenvalue weighted by atomic mass is 32.2. The molecule has 2 fully saturated rings. The summed E-state index contributed by atoms with van der Waals surface area (Å²) >= 11 is 1.98. The number of nitrogens with zero attached hydrogens (tertiary/aromatic N) is 3. The van der Waals surface area contributed by atoms with E-state index in [9.17, 15) is 9.90 Å². The summed E-state index contributed by atoms with van der Waals surface area (Å²) in [6.07, 6.45) is 6.25. The maximum atomic E-state index is 13.3. The van der Waals surface area contributed by atoms with Crippen LogP contribution in [0.2, 0.25) is 0 Å². The molecule has 40 heavy (non-hydrogen) atoms. The Labute approximate surface area is 240 Å². The van der Waals surface area contributed by atoms with Gasteiger partial charge in [0, 0.05) is 66.9 Å². The van der Waals surface area contributed by atoms with E-state index in [2.05, 4.69) is 52.1 Å². The lowest BCUT2D eigenvalue weighted by Crippen LogP contribution is -2.42. The van der Waals surface area contributed by atoms with Crippen molar-refractivity contribution in [3.63, 3.8) is 0 Å². The molecule has 2 unspecified atom stereocenters. The first-order chi connectivity index (χ1) is 19.5. The van der Waals surface area contributed by atoms with Gasteiger partial charge in [0.1, 0.15) is 11.4 Å². The molecule has 2 saturated heterocycles. The molecule has 210 valence electrons. The number of pyridine rings is 1. The molecule has 8 heteroatoms. The second kappa shape index (κ2) is 13.4. The van der Waals surface area contributed by atoms with Crippen LogP contribution in [-0.4, -0.2) is 79.7 Å². The normalized spacial score (nSPS) is 18.4. The number of carbonyl (C=O) groups is 1. The number of carbonyl (C=O) groups excluding carboxylic acids is 1. The Balaban J connectivity index is 0.000000403. The van der Waals surface area contributed by atoms with E-state index in [1.54, 1.807) is 24.3 Å². The minimum atomic E-state index is -0.0243. The molecular weight excluding hydrogens is 520 g/mol. The van der Waals surface area contributed by atoms with Crippen LogP contribution in [0.25, 0.3) is 22.2 Å². The van der Waals surface area contributed by atoms with Crippen LogP contribution in [0, 0.1) is 6.92 Å². The minimum absolute atomic E-state index is 0.0243. The molecule has 2 aliphatic rings. The highest BCUT2D eigenvalue weighted by Gasteiger charge is 2.32. The molecule has 7 nitrogen and oxygen atoms in total.